The summed E-state index contributed by atoms with van der Waals surface area (Å²) in [5.41, 5.74) is 9.03. The van der Waals surface area contributed by atoms with Crippen LogP contribution in [0.5, 0.6) is 5.75 Å². The van der Waals surface area contributed by atoms with Crippen molar-refractivity contribution in [2.24, 2.45) is 0 Å². The number of benzene rings is 3. The maximum absolute atomic E-state index is 5.90. The predicted molar refractivity (Wildman–Crippen MR) is 220 cm³/mol. The molecule has 0 fully saturated rings. The molecule has 0 atom stereocenters. The van der Waals surface area contributed by atoms with Gasteiger partial charge < -0.3 is 25.6 Å². The number of anilines is 1. The van der Waals surface area contributed by atoms with E-state index in [4.69, 9.17) is 4.74 Å². The molecule has 0 saturated heterocycles. The van der Waals surface area contributed by atoms with Crippen LogP contribution in [0.25, 0.3) is 0 Å². The fourth-order valence-electron chi connectivity index (χ4n) is 8.78. The van der Waals surface area contributed by atoms with Crippen LogP contribution in [0.4, 0.5) is 5.69 Å². The topological polar surface area (TPSA) is 48.6 Å². The zero-order valence-corrected chi connectivity index (χ0v) is 34.9. The number of hydrogen-bond acceptors (Lipinski definition) is 5. The molecule has 0 spiro atoms. The highest BCUT2D eigenvalue weighted by Gasteiger charge is 2.34. The number of fused-ring (bicyclic) bond motifs is 3. The molecule has 3 aromatic carbocycles. The van der Waals surface area contributed by atoms with Gasteiger partial charge in [0.15, 0.2) is 0 Å². The summed E-state index contributed by atoms with van der Waals surface area (Å²) < 4.78 is 5.90. The van der Waals surface area contributed by atoms with Gasteiger partial charge in [-0.05, 0) is 168 Å². The maximum Gasteiger partial charge on any atom is 0.122 e. The van der Waals surface area contributed by atoms with Gasteiger partial charge in [0.2, 0.25) is 0 Å². The molecule has 0 saturated carbocycles. The Hall–Kier alpha value is -2.86. The van der Waals surface area contributed by atoms with Gasteiger partial charge in [-0.1, -0.05) is 54.6 Å². The van der Waals surface area contributed by atoms with Crippen molar-refractivity contribution in [3.8, 4) is 5.75 Å². The molecular weight excluding hydrogens is 625 g/mol. The van der Waals surface area contributed by atoms with E-state index in [1.807, 2.05) is 6.07 Å². The van der Waals surface area contributed by atoms with E-state index in [0.29, 0.717) is 0 Å². The third-order valence-corrected chi connectivity index (χ3v) is 10.8. The fourth-order valence-corrected chi connectivity index (χ4v) is 8.78. The van der Waals surface area contributed by atoms with Crippen LogP contribution < -0.4 is 25.6 Å². The molecule has 0 unspecified atom stereocenters. The minimum atomic E-state index is 0.00120. The molecule has 51 heavy (non-hydrogen) atoms. The van der Waals surface area contributed by atoms with Gasteiger partial charge in [-0.15, -0.1) is 0 Å². The summed E-state index contributed by atoms with van der Waals surface area (Å²) in [5, 5.41) is 11.3. The first kappa shape index (κ1) is 40.9. The molecule has 0 aliphatic carbocycles. The Kier molecular flexibility index (Phi) is 12.5. The lowest BCUT2D eigenvalue weighted by molar-refractivity contribution is 0.217. The van der Waals surface area contributed by atoms with Crippen molar-refractivity contribution in [2.45, 2.75) is 162 Å². The minimum absolute atomic E-state index is 0.00120. The quantitative estimate of drug-likeness (QED) is 0.218. The van der Waals surface area contributed by atoms with Crippen molar-refractivity contribution < 1.29 is 4.74 Å². The fraction of sp³-hybridized carbons (Fsp3) is 0.609. The Morgan fingerprint density at radius 3 is 1.84 bits per heavy atom. The maximum atomic E-state index is 5.90. The van der Waals surface area contributed by atoms with Crippen LogP contribution in [0.2, 0.25) is 0 Å². The molecule has 0 bridgehead atoms. The van der Waals surface area contributed by atoms with Gasteiger partial charge in [0, 0.05) is 52.5 Å². The molecule has 3 aromatic rings. The summed E-state index contributed by atoms with van der Waals surface area (Å²) in [7, 11) is 2.20. The SMILES string of the molecule is CC1(C)CCCc2ccccc2C(C)(C)N1.CC1(C)CCOc2ccccc2CC(C)(C)N1.Cc1ccc2c(c1)N(C)CCC(C)(C)NC2(C)C. The van der Waals surface area contributed by atoms with E-state index in [-0.39, 0.29) is 33.2 Å². The van der Waals surface area contributed by atoms with Crippen LogP contribution in [0.3, 0.4) is 0 Å². The van der Waals surface area contributed by atoms with Crippen LogP contribution in [0.15, 0.2) is 66.7 Å². The first-order chi connectivity index (χ1) is 23.5. The largest absolute Gasteiger partial charge is 0.493 e. The molecule has 0 aromatic heterocycles. The summed E-state index contributed by atoms with van der Waals surface area (Å²) in [6.07, 6.45) is 6.89. The van der Waals surface area contributed by atoms with Crippen LogP contribution in [-0.4, -0.2) is 42.4 Å². The van der Waals surface area contributed by atoms with Crippen molar-refractivity contribution in [1.29, 1.82) is 0 Å². The zero-order valence-electron chi connectivity index (χ0n) is 34.9. The van der Waals surface area contributed by atoms with E-state index in [0.717, 1.165) is 38.2 Å². The molecule has 3 heterocycles. The molecule has 3 N–H and O–H groups in total. The second kappa shape index (κ2) is 15.6. The molecule has 282 valence electrons. The predicted octanol–water partition coefficient (Wildman–Crippen LogP) is 10.2. The third-order valence-electron chi connectivity index (χ3n) is 10.8. The first-order valence-corrected chi connectivity index (χ1v) is 19.5. The number of rotatable bonds is 0. The third kappa shape index (κ3) is 11.6. The van der Waals surface area contributed by atoms with Gasteiger partial charge in [-0.3, -0.25) is 0 Å². The number of nitrogens with zero attached hydrogens (tertiary/aromatic N) is 1. The number of aryl methyl sites for hydroxylation is 2. The highest BCUT2D eigenvalue weighted by molar-refractivity contribution is 5.58. The van der Waals surface area contributed by atoms with Gasteiger partial charge in [0.05, 0.1) is 6.61 Å². The number of hydrogen-bond donors (Lipinski definition) is 3. The average Bonchev–Trinajstić information content (AvgIpc) is 3.03. The molecule has 6 rings (SSSR count). The van der Waals surface area contributed by atoms with E-state index in [2.05, 4.69) is 179 Å². The van der Waals surface area contributed by atoms with Gasteiger partial charge in [-0.25, -0.2) is 0 Å². The van der Waals surface area contributed by atoms with Crippen LogP contribution in [0.1, 0.15) is 137 Å². The lowest BCUT2D eigenvalue weighted by Gasteiger charge is -2.43. The summed E-state index contributed by atoms with van der Waals surface area (Å²) in [5.74, 6) is 1.04. The summed E-state index contributed by atoms with van der Waals surface area (Å²) in [6, 6.07) is 24.0. The van der Waals surface area contributed by atoms with Crippen molar-refractivity contribution in [1.82, 2.24) is 16.0 Å². The smallest absolute Gasteiger partial charge is 0.122 e. The minimum Gasteiger partial charge on any atom is -0.493 e. The van der Waals surface area contributed by atoms with E-state index < -0.39 is 0 Å². The zero-order chi connectivity index (χ0) is 37.9. The number of para-hydroxylation sites is 1. The molecule has 0 amide bonds. The van der Waals surface area contributed by atoms with Crippen molar-refractivity contribution in [3.05, 3.63) is 94.5 Å². The average molecular weight is 697 g/mol. The van der Waals surface area contributed by atoms with Crippen LogP contribution >= 0.6 is 0 Å². The summed E-state index contributed by atoms with van der Waals surface area (Å²) >= 11 is 0. The first-order valence-electron chi connectivity index (χ1n) is 19.5. The standard InChI is InChI=1S/C16H26N2.C15H23NO.C15H23N/c1-12-7-8-13-14(11-12)18(6)10-9-15(2,3)17-16(13,4)5;1-14(2)9-10-17-13-8-6-5-7-12(13)11-15(3,4)16-14;1-14(2)11-7-9-12-8-5-6-10-13(12)15(3,4)16-14/h7-8,11,17H,9-10H2,1-6H3;5-8,16H,9-11H2,1-4H3;5-6,8,10,16H,7,9,11H2,1-4H3. The lowest BCUT2D eigenvalue weighted by atomic mass is 9.81. The molecule has 0 radical (unpaired) electrons. The highest BCUT2D eigenvalue weighted by atomic mass is 16.5. The molecule has 5 heteroatoms. The Morgan fingerprint density at radius 1 is 0.588 bits per heavy atom. The molecule has 5 nitrogen and oxygen atoms in total. The molecule has 3 aliphatic rings. The Morgan fingerprint density at radius 2 is 1.16 bits per heavy atom. The monoisotopic (exact) mass is 697 g/mol. The van der Waals surface area contributed by atoms with Crippen molar-refractivity contribution in [3.63, 3.8) is 0 Å². The van der Waals surface area contributed by atoms with Gasteiger partial charge in [-0.2, -0.15) is 0 Å². The molecule has 3 aliphatic heterocycles. The second-order valence-electron chi connectivity index (χ2n) is 19.2. The Labute approximate surface area is 312 Å². The summed E-state index contributed by atoms with van der Waals surface area (Å²) in [4.78, 5) is 2.40. The van der Waals surface area contributed by atoms with E-state index in [1.54, 1.807) is 0 Å². The number of nitrogens with one attached hydrogen (secondary N) is 3. The highest BCUT2D eigenvalue weighted by Crippen LogP contribution is 2.36. The van der Waals surface area contributed by atoms with Gasteiger partial charge in [0.25, 0.3) is 0 Å². The van der Waals surface area contributed by atoms with E-state index >= 15 is 0 Å². The van der Waals surface area contributed by atoms with Crippen LogP contribution in [0, 0.1) is 6.92 Å². The summed E-state index contributed by atoms with van der Waals surface area (Å²) in [6.45, 7) is 31.4. The molecular formula is C46H72N4O. The van der Waals surface area contributed by atoms with Crippen molar-refractivity contribution in [2.75, 3.05) is 25.1 Å². The number of ether oxygens (including phenoxy) is 1. The lowest BCUT2D eigenvalue weighted by Crippen LogP contribution is -2.53. The normalized spacial score (nSPS) is 22.5. The van der Waals surface area contributed by atoms with E-state index in [9.17, 15) is 0 Å². The van der Waals surface area contributed by atoms with E-state index in [1.165, 1.54) is 52.8 Å². The Balaban J connectivity index is 0.000000172. The second-order valence-corrected chi connectivity index (χ2v) is 19.2. The Bertz CT molecular complexity index is 1600. The van der Waals surface area contributed by atoms with Gasteiger partial charge in [0.1, 0.15) is 5.75 Å². The van der Waals surface area contributed by atoms with Gasteiger partial charge >= 0.3 is 0 Å². The van der Waals surface area contributed by atoms with Crippen molar-refractivity contribution >= 4 is 5.69 Å². The van der Waals surface area contributed by atoms with Crippen LogP contribution in [-0.2, 0) is 23.9 Å².